The molecule has 6 heteroatoms. The Morgan fingerprint density at radius 1 is 1.18 bits per heavy atom. The molecule has 168 valence electrons. The average Bonchev–Trinajstić information content (AvgIpc) is 2.81. The van der Waals surface area contributed by atoms with Gasteiger partial charge in [0, 0.05) is 28.5 Å². The zero-order valence-electron chi connectivity index (χ0n) is 19.2. The highest BCUT2D eigenvalue weighted by Gasteiger charge is 2.48. The lowest BCUT2D eigenvalue weighted by atomic mass is 9.64. The minimum absolute atomic E-state index is 0.235. The van der Waals surface area contributed by atoms with Crippen LogP contribution in [0.15, 0.2) is 42.5 Å². The number of nitrogens with zero attached hydrogens (tertiary/aromatic N) is 1. The number of ether oxygens (including phenoxy) is 1. The van der Waals surface area contributed by atoms with Gasteiger partial charge in [0.15, 0.2) is 0 Å². The van der Waals surface area contributed by atoms with Crippen LogP contribution >= 0.6 is 0 Å². The summed E-state index contributed by atoms with van der Waals surface area (Å²) in [6.45, 7) is 6.83. The number of benzene rings is 3. The summed E-state index contributed by atoms with van der Waals surface area (Å²) in [5.41, 5.74) is 7.27. The lowest BCUT2D eigenvalue weighted by Gasteiger charge is -2.49. The Morgan fingerprint density at radius 2 is 1.97 bits per heavy atom. The maximum absolute atomic E-state index is 12.1. The zero-order chi connectivity index (χ0) is 22.9. The molecule has 4 N–H and O–H groups in total. The van der Waals surface area contributed by atoms with Crippen molar-refractivity contribution in [2.75, 3.05) is 0 Å². The van der Waals surface area contributed by atoms with E-state index in [9.17, 15) is 4.79 Å². The predicted octanol–water partition coefficient (Wildman–Crippen LogP) is 4.65. The maximum Gasteiger partial charge on any atom is 0.265 e. The van der Waals surface area contributed by atoms with Gasteiger partial charge < -0.3 is 4.74 Å². The molecule has 2 heterocycles. The number of nitrogens with one attached hydrogen (secondary N) is 2. The Balaban J connectivity index is 1.72. The minimum Gasteiger partial charge on any atom is -0.487 e. The van der Waals surface area contributed by atoms with Gasteiger partial charge in [-0.1, -0.05) is 31.5 Å². The molecule has 0 saturated heterocycles. The third kappa shape index (κ3) is 3.00. The second-order valence-electron chi connectivity index (χ2n) is 10.3. The van der Waals surface area contributed by atoms with E-state index in [0.717, 1.165) is 51.4 Å². The monoisotopic (exact) mass is 441 g/mol. The molecule has 0 unspecified atom stereocenters. The summed E-state index contributed by atoms with van der Waals surface area (Å²) < 4.78 is 6.80. The first-order valence-corrected chi connectivity index (χ1v) is 11.8. The molecular formula is C27H29N4O2+. The van der Waals surface area contributed by atoms with E-state index in [4.69, 9.17) is 15.6 Å². The maximum atomic E-state index is 12.1. The highest BCUT2D eigenvalue weighted by molar-refractivity contribution is 6.09. The van der Waals surface area contributed by atoms with E-state index < -0.39 is 0 Å². The Labute approximate surface area is 192 Å². The average molecular weight is 442 g/mol. The Kier molecular flexibility index (Phi) is 4.40. The number of hydrogen-bond donors (Lipinski definition) is 2. The molecule has 1 amide bonds. The molecule has 1 aliphatic carbocycles. The summed E-state index contributed by atoms with van der Waals surface area (Å²) in [5, 5.41) is 2.23. The highest BCUT2D eigenvalue weighted by atomic mass is 16.5. The number of carbonyl (C=O) groups excluding carboxylic acids is 1. The third-order valence-electron chi connectivity index (χ3n) is 7.80. The molecule has 6 rings (SSSR count). The normalized spacial score (nSPS) is 23.7. The molecule has 33 heavy (non-hydrogen) atoms. The van der Waals surface area contributed by atoms with Gasteiger partial charge in [0.05, 0.1) is 5.39 Å². The molecule has 6 nitrogen and oxygen atoms in total. The van der Waals surface area contributed by atoms with Crippen molar-refractivity contribution in [1.29, 1.82) is 0 Å². The van der Waals surface area contributed by atoms with Crippen molar-refractivity contribution in [2.45, 2.75) is 51.6 Å². The first-order valence-electron chi connectivity index (χ1n) is 11.8. The van der Waals surface area contributed by atoms with Gasteiger partial charge in [-0.3, -0.25) is 10.2 Å². The Hall–Kier alpha value is -3.25. The fourth-order valence-electron chi connectivity index (χ4n) is 6.19. The third-order valence-corrected chi connectivity index (χ3v) is 7.80. The summed E-state index contributed by atoms with van der Waals surface area (Å²) in [6, 6.07) is 13.9. The van der Waals surface area contributed by atoms with E-state index in [-0.39, 0.29) is 11.5 Å². The molecule has 0 bridgehead atoms. The van der Waals surface area contributed by atoms with E-state index in [1.54, 1.807) is 12.1 Å². The molecule has 1 fully saturated rings. The Morgan fingerprint density at radius 3 is 2.76 bits per heavy atom. The van der Waals surface area contributed by atoms with Crippen molar-refractivity contribution in [3.63, 3.8) is 0 Å². The highest BCUT2D eigenvalue weighted by Crippen LogP contribution is 2.56. The number of aromatic nitrogens is 2. The summed E-state index contributed by atoms with van der Waals surface area (Å²) in [7, 11) is 0. The molecular weight excluding hydrogens is 412 g/mol. The Bertz CT molecular complexity index is 1450. The van der Waals surface area contributed by atoms with Crippen molar-refractivity contribution in [3.05, 3.63) is 53.6 Å². The van der Waals surface area contributed by atoms with Gasteiger partial charge in [-0.05, 0) is 56.7 Å². The van der Waals surface area contributed by atoms with Crippen LogP contribution in [0.4, 0.5) is 0 Å². The standard InChI is InChI=1S/C27H28N4O2/c1-14-8-10-19-18(12-14)22-24-23(16-6-4-5-7-17(16)25(22)33-27(19,2)3)29-20-11-9-15(26(32)31-28)13-21(20)30-24/h4-7,9,11,13-14,18-19H,8,10,12,28H2,1-3H3,(H,31,32)/p+1/t14-,18-,19-/m0/s1. The van der Waals surface area contributed by atoms with Crippen molar-refractivity contribution in [2.24, 2.45) is 17.7 Å². The van der Waals surface area contributed by atoms with E-state index in [0.29, 0.717) is 23.3 Å². The summed E-state index contributed by atoms with van der Waals surface area (Å²) in [6.07, 6.45) is 3.52. The van der Waals surface area contributed by atoms with E-state index in [2.05, 4.69) is 55.4 Å². The molecule has 1 aliphatic heterocycles. The van der Waals surface area contributed by atoms with Crippen LogP contribution in [0.2, 0.25) is 0 Å². The number of hydrazine groups is 1. The van der Waals surface area contributed by atoms with Gasteiger partial charge in [-0.15, -0.1) is 0 Å². The van der Waals surface area contributed by atoms with Crippen molar-refractivity contribution in [3.8, 4) is 5.75 Å². The van der Waals surface area contributed by atoms with Gasteiger partial charge in [0.1, 0.15) is 22.4 Å². The van der Waals surface area contributed by atoms with Crippen LogP contribution in [0.3, 0.4) is 0 Å². The molecule has 3 aromatic carbocycles. The van der Waals surface area contributed by atoms with Crippen molar-refractivity contribution >= 4 is 38.7 Å². The van der Waals surface area contributed by atoms with E-state index in [1.807, 2.05) is 6.07 Å². The number of amides is 1. The van der Waals surface area contributed by atoms with Crippen molar-refractivity contribution < 1.29 is 14.5 Å². The van der Waals surface area contributed by atoms with Crippen LogP contribution in [0.5, 0.6) is 5.75 Å². The smallest absolute Gasteiger partial charge is 0.265 e. The van der Waals surface area contributed by atoms with Gasteiger partial charge in [-0.25, -0.2) is 15.8 Å². The minimum atomic E-state index is -0.328. The summed E-state index contributed by atoms with van der Waals surface area (Å²) >= 11 is 0. The second kappa shape index (κ2) is 7.12. The predicted molar refractivity (Wildman–Crippen MR) is 129 cm³/mol. The van der Waals surface area contributed by atoms with Crippen LogP contribution in [0.25, 0.3) is 32.8 Å². The largest absolute Gasteiger partial charge is 0.487 e. The van der Waals surface area contributed by atoms with Gasteiger partial charge in [0.25, 0.3) is 5.91 Å². The quantitative estimate of drug-likeness (QED) is 0.148. The fourth-order valence-corrected chi connectivity index (χ4v) is 6.19. The molecule has 1 aromatic heterocycles. The zero-order valence-corrected chi connectivity index (χ0v) is 19.2. The number of rotatable bonds is 1. The van der Waals surface area contributed by atoms with Crippen LogP contribution in [-0.2, 0) is 0 Å². The SMILES string of the molecule is C[C@H]1CC[C@H]2[C@H](C1)c1c(c3ccccc3c3[nH+]c4ccc(C(=O)NN)cc4nc13)OC2(C)C. The lowest BCUT2D eigenvalue weighted by molar-refractivity contribution is -0.309. The van der Waals surface area contributed by atoms with E-state index in [1.165, 1.54) is 12.0 Å². The molecule has 2 aliphatic rings. The van der Waals surface area contributed by atoms with Crippen LogP contribution < -0.4 is 21.0 Å². The number of H-pyrrole nitrogens is 1. The number of fused-ring (bicyclic) bond motifs is 9. The first kappa shape index (κ1) is 20.4. The summed E-state index contributed by atoms with van der Waals surface area (Å²) in [4.78, 5) is 20.9. The first-order chi connectivity index (χ1) is 15.9. The van der Waals surface area contributed by atoms with Crippen molar-refractivity contribution in [1.82, 2.24) is 10.4 Å². The molecule has 3 atom stereocenters. The topological polar surface area (TPSA) is 91.4 Å². The fraction of sp³-hybridized carbons (Fsp3) is 0.370. The van der Waals surface area contributed by atoms with Crippen LogP contribution in [0, 0.1) is 11.8 Å². The van der Waals surface area contributed by atoms with Gasteiger partial charge in [-0.2, -0.15) is 0 Å². The summed E-state index contributed by atoms with van der Waals surface area (Å²) in [5.74, 6) is 7.49. The second-order valence-corrected chi connectivity index (χ2v) is 10.3. The van der Waals surface area contributed by atoms with E-state index >= 15 is 0 Å². The van der Waals surface area contributed by atoms with Gasteiger partial charge >= 0.3 is 0 Å². The molecule has 0 radical (unpaired) electrons. The molecule has 0 spiro atoms. The number of nitrogen functional groups attached to an aromatic ring is 1. The number of hydrogen-bond acceptors (Lipinski definition) is 4. The lowest BCUT2D eigenvalue weighted by Crippen LogP contribution is -2.47. The molecule has 1 saturated carbocycles. The van der Waals surface area contributed by atoms with Gasteiger partial charge in [0.2, 0.25) is 11.0 Å². The number of carbonyl (C=O) groups is 1. The molecule has 4 aromatic rings. The number of aromatic amines is 1. The van der Waals surface area contributed by atoms with Crippen LogP contribution in [-0.4, -0.2) is 16.5 Å². The van der Waals surface area contributed by atoms with Crippen LogP contribution in [0.1, 0.15) is 61.9 Å². The number of nitrogens with two attached hydrogens (primary N) is 1.